The minimum Gasteiger partial charge on any atom is -0.423 e. The van der Waals surface area contributed by atoms with Crippen LogP contribution in [0.3, 0.4) is 0 Å². The van der Waals surface area contributed by atoms with E-state index in [1.165, 1.54) is 11.6 Å². The van der Waals surface area contributed by atoms with Crippen LogP contribution in [-0.2, 0) is 6.42 Å². The van der Waals surface area contributed by atoms with Crippen LogP contribution in [0.5, 0.6) is 0 Å². The fourth-order valence-corrected chi connectivity index (χ4v) is 1.70. The molecule has 0 aliphatic carbocycles. The van der Waals surface area contributed by atoms with Gasteiger partial charge in [0.2, 0.25) is 0 Å². The second kappa shape index (κ2) is 3.89. The van der Waals surface area contributed by atoms with Crippen molar-refractivity contribution in [3.63, 3.8) is 0 Å². The number of hydrogen-bond donors (Lipinski definition) is 0. The SMILES string of the molecule is CC(C)Cc1ccc2ccc(=O)oc2c1. The van der Waals surface area contributed by atoms with E-state index in [1.54, 1.807) is 6.07 Å². The summed E-state index contributed by atoms with van der Waals surface area (Å²) in [6.45, 7) is 4.34. The van der Waals surface area contributed by atoms with E-state index in [-0.39, 0.29) is 5.63 Å². The van der Waals surface area contributed by atoms with Crippen molar-refractivity contribution in [1.82, 2.24) is 0 Å². The highest BCUT2D eigenvalue weighted by Crippen LogP contribution is 2.16. The van der Waals surface area contributed by atoms with E-state index in [4.69, 9.17) is 4.42 Å². The molecule has 0 spiro atoms. The minimum atomic E-state index is -0.288. The standard InChI is InChI=1S/C13H14O2/c1-9(2)7-10-3-4-11-5-6-13(14)15-12(11)8-10/h3-6,8-9H,7H2,1-2H3. The Labute approximate surface area is 88.5 Å². The van der Waals surface area contributed by atoms with Crippen molar-refractivity contribution in [1.29, 1.82) is 0 Å². The number of fused-ring (bicyclic) bond motifs is 1. The van der Waals surface area contributed by atoms with Crippen molar-refractivity contribution in [2.75, 3.05) is 0 Å². The second-order valence-electron chi connectivity index (χ2n) is 4.22. The van der Waals surface area contributed by atoms with E-state index >= 15 is 0 Å². The summed E-state index contributed by atoms with van der Waals surface area (Å²) in [5, 5.41) is 0.974. The van der Waals surface area contributed by atoms with Gasteiger partial charge in [0, 0.05) is 11.5 Å². The van der Waals surface area contributed by atoms with Crippen molar-refractivity contribution in [2.45, 2.75) is 20.3 Å². The first kappa shape index (κ1) is 9.97. The molecule has 2 aromatic rings. The van der Waals surface area contributed by atoms with Crippen LogP contribution in [0.25, 0.3) is 11.0 Å². The van der Waals surface area contributed by atoms with Crippen molar-refractivity contribution >= 4 is 11.0 Å². The number of benzene rings is 1. The van der Waals surface area contributed by atoms with Gasteiger partial charge in [-0.1, -0.05) is 26.0 Å². The third-order valence-corrected chi connectivity index (χ3v) is 2.33. The fourth-order valence-electron chi connectivity index (χ4n) is 1.70. The van der Waals surface area contributed by atoms with Gasteiger partial charge in [0.15, 0.2) is 0 Å². The third-order valence-electron chi connectivity index (χ3n) is 2.33. The summed E-state index contributed by atoms with van der Waals surface area (Å²) in [4.78, 5) is 11.1. The Kier molecular flexibility index (Phi) is 2.58. The molecule has 2 heteroatoms. The lowest BCUT2D eigenvalue weighted by Crippen LogP contribution is -1.97. The molecule has 0 bridgehead atoms. The summed E-state index contributed by atoms with van der Waals surface area (Å²) in [7, 11) is 0. The van der Waals surface area contributed by atoms with Crippen molar-refractivity contribution in [3.8, 4) is 0 Å². The molecule has 0 fully saturated rings. The summed E-state index contributed by atoms with van der Waals surface area (Å²) in [6, 6.07) is 9.28. The Morgan fingerprint density at radius 1 is 1.20 bits per heavy atom. The fraction of sp³-hybridized carbons (Fsp3) is 0.308. The van der Waals surface area contributed by atoms with E-state index in [9.17, 15) is 4.79 Å². The normalized spacial score (nSPS) is 11.1. The molecular weight excluding hydrogens is 188 g/mol. The lowest BCUT2D eigenvalue weighted by molar-refractivity contribution is 0.559. The van der Waals surface area contributed by atoms with E-state index in [1.807, 2.05) is 12.1 Å². The van der Waals surface area contributed by atoms with Crippen LogP contribution in [0, 0.1) is 5.92 Å². The van der Waals surface area contributed by atoms with Gasteiger partial charge in [0.25, 0.3) is 0 Å². The average Bonchev–Trinajstić information content (AvgIpc) is 2.16. The van der Waals surface area contributed by atoms with E-state index in [0.717, 1.165) is 11.8 Å². The zero-order valence-corrected chi connectivity index (χ0v) is 8.99. The van der Waals surface area contributed by atoms with Crippen LogP contribution in [0.1, 0.15) is 19.4 Å². The summed E-state index contributed by atoms with van der Waals surface area (Å²) >= 11 is 0. The zero-order chi connectivity index (χ0) is 10.8. The largest absolute Gasteiger partial charge is 0.423 e. The monoisotopic (exact) mass is 202 g/mol. The Morgan fingerprint density at radius 2 is 1.93 bits per heavy atom. The molecule has 0 amide bonds. The molecule has 1 heterocycles. The van der Waals surface area contributed by atoms with Gasteiger partial charge in [-0.05, 0) is 30.0 Å². The highest BCUT2D eigenvalue weighted by Gasteiger charge is 2.01. The van der Waals surface area contributed by atoms with Crippen LogP contribution >= 0.6 is 0 Å². The number of rotatable bonds is 2. The van der Waals surface area contributed by atoms with Crippen molar-refractivity contribution in [2.24, 2.45) is 5.92 Å². The molecule has 0 atom stereocenters. The van der Waals surface area contributed by atoms with Gasteiger partial charge >= 0.3 is 5.63 Å². The topological polar surface area (TPSA) is 30.2 Å². The molecule has 1 aromatic carbocycles. The molecule has 1 aromatic heterocycles. The Balaban J connectivity index is 2.49. The molecule has 0 saturated carbocycles. The summed E-state index contributed by atoms with van der Waals surface area (Å²) in [5.41, 5.74) is 1.61. The van der Waals surface area contributed by atoms with Crippen LogP contribution in [0.15, 0.2) is 39.5 Å². The Bertz CT molecular complexity index is 523. The molecule has 78 valence electrons. The predicted octanol–water partition coefficient (Wildman–Crippen LogP) is 2.99. The first-order chi connectivity index (χ1) is 7.15. The molecule has 0 aliphatic rings. The molecule has 0 aliphatic heterocycles. The quantitative estimate of drug-likeness (QED) is 0.701. The maximum Gasteiger partial charge on any atom is 0.336 e. The minimum absolute atomic E-state index is 0.288. The second-order valence-corrected chi connectivity index (χ2v) is 4.22. The molecule has 2 rings (SSSR count). The van der Waals surface area contributed by atoms with Crippen molar-refractivity contribution < 1.29 is 4.42 Å². The summed E-state index contributed by atoms with van der Waals surface area (Å²) in [6.07, 6.45) is 1.01. The zero-order valence-electron chi connectivity index (χ0n) is 8.99. The number of hydrogen-bond acceptors (Lipinski definition) is 2. The van der Waals surface area contributed by atoms with Gasteiger partial charge in [-0.25, -0.2) is 4.79 Å². The predicted molar refractivity (Wildman–Crippen MR) is 61.0 cm³/mol. The average molecular weight is 202 g/mol. The van der Waals surface area contributed by atoms with Gasteiger partial charge in [-0.2, -0.15) is 0 Å². The van der Waals surface area contributed by atoms with Gasteiger partial charge < -0.3 is 4.42 Å². The van der Waals surface area contributed by atoms with Gasteiger partial charge in [0.1, 0.15) is 5.58 Å². The van der Waals surface area contributed by atoms with Crippen molar-refractivity contribution in [3.05, 3.63) is 46.3 Å². The van der Waals surface area contributed by atoms with E-state index in [0.29, 0.717) is 11.5 Å². The first-order valence-corrected chi connectivity index (χ1v) is 5.18. The van der Waals surface area contributed by atoms with Crippen LogP contribution in [-0.4, -0.2) is 0 Å². The van der Waals surface area contributed by atoms with E-state index in [2.05, 4.69) is 19.9 Å². The van der Waals surface area contributed by atoms with E-state index < -0.39 is 0 Å². The molecule has 2 nitrogen and oxygen atoms in total. The summed E-state index contributed by atoms with van der Waals surface area (Å²) in [5.74, 6) is 0.609. The van der Waals surface area contributed by atoms with Gasteiger partial charge in [0.05, 0.1) is 0 Å². The molecule has 15 heavy (non-hydrogen) atoms. The molecule has 0 N–H and O–H groups in total. The highest BCUT2D eigenvalue weighted by atomic mass is 16.4. The van der Waals surface area contributed by atoms with Crippen LogP contribution in [0.2, 0.25) is 0 Å². The first-order valence-electron chi connectivity index (χ1n) is 5.18. The Morgan fingerprint density at radius 3 is 2.67 bits per heavy atom. The maximum absolute atomic E-state index is 11.1. The molecule has 0 saturated heterocycles. The highest BCUT2D eigenvalue weighted by molar-refractivity contribution is 5.76. The van der Waals surface area contributed by atoms with Gasteiger partial charge in [-0.15, -0.1) is 0 Å². The molecular formula is C13H14O2. The summed E-state index contributed by atoms with van der Waals surface area (Å²) < 4.78 is 5.13. The smallest absolute Gasteiger partial charge is 0.336 e. The maximum atomic E-state index is 11.1. The lowest BCUT2D eigenvalue weighted by Gasteiger charge is -2.05. The van der Waals surface area contributed by atoms with Gasteiger partial charge in [-0.3, -0.25) is 0 Å². The molecule has 0 unspecified atom stereocenters. The lowest BCUT2D eigenvalue weighted by atomic mass is 10.0. The third kappa shape index (κ3) is 2.27. The Hall–Kier alpha value is -1.57. The molecule has 0 radical (unpaired) electrons. The van der Waals surface area contributed by atoms with Crippen LogP contribution in [0.4, 0.5) is 0 Å². The van der Waals surface area contributed by atoms with Crippen LogP contribution < -0.4 is 5.63 Å².